The van der Waals surface area contributed by atoms with Gasteiger partial charge in [-0.3, -0.25) is 0 Å². The Morgan fingerprint density at radius 2 is 1.56 bits per heavy atom. The minimum Gasteiger partial charge on any atom is -0.400 e. The van der Waals surface area contributed by atoms with E-state index in [0.717, 1.165) is 13.5 Å². The van der Waals surface area contributed by atoms with Crippen LogP contribution < -0.4 is 0 Å². The van der Waals surface area contributed by atoms with Crippen LogP contribution in [0.2, 0.25) is 0 Å². The third-order valence-electron chi connectivity index (χ3n) is 2.28. The van der Waals surface area contributed by atoms with Gasteiger partial charge in [0.25, 0.3) is 0 Å². The minimum atomic E-state index is -0.679. The summed E-state index contributed by atoms with van der Waals surface area (Å²) in [5, 5.41) is 7.00. The predicted molar refractivity (Wildman–Crippen MR) is 74.1 cm³/mol. The van der Waals surface area contributed by atoms with Crippen molar-refractivity contribution in [3.63, 3.8) is 0 Å². The predicted octanol–water partition coefficient (Wildman–Crippen LogP) is 3.00. The van der Waals surface area contributed by atoms with E-state index in [1.807, 2.05) is 48.7 Å². The molecule has 5 heteroatoms. The van der Waals surface area contributed by atoms with Crippen LogP contribution in [0.25, 0.3) is 0 Å². The third kappa shape index (κ3) is 10.9. The third-order valence-corrected chi connectivity index (χ3v) is 2.28. The second-order valence-corrected chi connectivity index (χ2v) is 3.55. The van der Waals surface area contributed by atoms with Crippen LogP contribution >= 0.6 is 0 Å². The summed E-state index contributed by atoms with van der Waals surface area (Å²) in [6.07, 6.45) is 0.939. The highest BCUT2D eigenvalue weighted by atomic mass is 19.3. The Labute approximate surface area is 112 Å². The second-order valence-electron chi connectivity index (χ2n) is 3.55. The van der Waals surface area contributed by atoms with E-state index in [2.05, 4.69) is 9.84 Å². The number of ether oxygens (including phenoxy) is 1. The lowest BCUT2D eigenvalue weighted by Gasteiger charge is -2.34. The van der Waals surface area contributed by atoms with E-state index < -0.39 is 6.29 Å². The first-order chi connectivity index (χ1) is 8.63. The van der Waals surface area contributed by atoms with E-state index in [0.29, 0.717) is 12.5 Å². The zero-order valence-corrected chi connectivity index (χ0v) is 13.2. The molecule has 1 N–H and O–H groups in total. The zero-order chi connectivity index (χ0) is 15.1. The van der Waals surface area contributed by atoms with Gasteiger partial charge in [0, 0.05) is 19.6 Å². The lowest BCUT2D eigenvalue weighted by atomic mass is 10.0. The molecule has 0 aromatic carbocycles. The summed E-state index contributed by atoms with van der Waals surface area (Å²) in [6.45, 7) is 9.93. The number of aliphatic hydroxyl groups is 1. The van der Waals surface area contributed by atoms with Gasteiger partial charge in [-0.05, 0) is 32.0 Å². The van der Waals surface area contributed by atoms with Gasteiger partial charge in [0.2, 0.25) is 0 Å². The van der Waals surface area contributed by atoms with Crippen LogP contribution in [0.3, 0.4) is 0 Å². The van der Waals surface area contributed by atoms with Gasteiger partial charge < -0.3 is 14.7 Å². The highest BCUT2D eigenvalue weighted by molar-refractivity contribution is 4.76. The summed E-state index contributed by atoms with van der Waals surface area (Å²) in [5.41, 5.74) is 0. The number of halogens is 1. The summed E-state index contributed by atoms with van der Waals surface area (Å²) in [7, 11) is 4.97. The minimum absolute atomic E-state index is 0.0758. The Kier molecular flexibility index (Phi) is 21.3. The van der Waals surface area contributed by atoms with Crippen LogP contribution in [-0.2, 0) is 9.68 Å². The Bertz CT molecular complexity index is 148. The van der Waals surface area contributed by atoms with Gasteiger partial charge in [-0.1, -0.05) is 27.7 Å². The molecule has 1 aliphatic rings. The summed E-state index contributed by atoms with van der Waals surface area (Å²) >= 11 is 0. The summed E-state index contributed by atoms with van der Waals surface area (Å²) < 4.78 is 17.0. The Balaban J connectivity index is -0.000000328. The fraction of sp³-hybridized carbons (Fsp3) is 1.00. The highest BCUT2D eigenvalue weighted by Crippen LogP contribution is 2.22. The molecule has 0 amide bonds. The first-order valence-electron chi connectivity index (χ1n) is 6.67. The van der Waals surface area contributed by atoms with E-state index in [1.165, 1.54) is 0 Å². The molecule has 0 radical (unpaired) electrons. The smallest absolute Gasteiger partial charge is 0.198 e. The quantitative estimate of drug-likeness (QED) is 0.837. The molecule has 3 atom stereocenters. The molecule has 114 valence electrons. The van der Waals surface area contributed by atoms with Crippen molar-refractivity contribution in [1.29, 1.82) is 0 Å². The molecule has 0 bridgehead atoms. The molecule has 1 aliphatic heterocycles. The molecule has 1 heterocycles. The van der Waals surface area contributed by atoms with Crippen molar-refractivity contribution in [2.45, 2.75) is 65.9 Å². The van der Waals surface area contributed by atoms with Gasteiger partial charge in [0.1, 0.15) is 0 Å². The number of nitrogens with zero attached hydrogens (tertiary/aromatic N) is 1. The van der Waals surface area contributed by atoms with Crippen LogP contribution in [-0.4, -0.2) is 49.6 Å². The topological polar surface area (TPSA) is 41.9 Å². The molecule has 3 unspecified atom stereocenters. The van der Waals surface area contributed by atoms with Gasteiger partial charge in [-0.15, -0.1) is 0 Å². The van der Waals surface area contributed by atoms with Crippen LogP contribution in [0.15, 0.2) is 0 Å². The summed E-state index contributed by atoms with van der Waals surface area (Å²) in [5.74, 6) is 0. The maximum Gasteiger partial charge on any atom is 0.198 e. The van der Waals surface area contributed by atoms with Crippen LogP contribution in [0.5, 0.6) is 0 Å². The van der Waals surface area contributed by atoms with Crippen molar-refractivity contribution >= 4 is 0 Å². The normalized spacial score (nSPS) is 25.8. The molecule has 0 saturated carbocycles. The summed E-state index contributed by atoms with van der Waals surface area (Å²) in [4.78, 5) is 5.77. The molecule has 0 aliphatic carbocycles. The standard InChI is InChI=1S/C8H16FNO2.2C2H6.CH4O/c1-6-4-7(10(2)3)5-8(11-6)12-9;3*1-2/h6-8H,4-5H2,1-3H3;2*1-2H3;2H,1H3. The van der Waals surface area contributed by atoms with Gasteiger partial charge in [-0.25, -0.2) is 0 Å². The van der Waals surface area contributed by atoms with Crippen molar-refractivity contribution < 1.29 is 19.3 Å². The largest absolute Gasteiger partial charge is 0.400 e. The molecule has 18 heavy (non-hydrogen) atoms. The zero-order valence-electron chi connectivity index (χ0n) is 13.2. The van der Waals surface area contributed by atoms with Crippen LogP contribution in [0, 0.1) is 0 Å². The van der Waals surface area contributed by atoms with E-state index >= 15 is 0 Å². The molecule has 0 aromatic heterocycles. The van der Waals surface area contributed by atoms with Crippen molar-refractivity contribution in [2.24, 2.45) is 0 Å². The van der Waals surface area contributed by atoms with E-state index in [1.54, 1.807) is 0 Å². The molecule has 1 fully saturated rings. The molecule has 4 nitrogen and oxygen atoms in total. The number of hydrogen-bond acceptors (Lipinski definition) is 4. The van der Waals surface area contributed by atoms with Gasteiger partial charge in [0.15, 0.2) is 6.29 Å². The Morgan fingerprint density at radius 3 is 1.89 bits per heavy atom. The fourth-order valence-corrected chi connectivity index (χ4v) is 1.55. The first-order valence-corrected chi connectivity index (χ1v) is 6.67. The lowest BCUT2D eigenvalue weighted by molar-refractivity contribution is -0.304. The SMILES string of the molecule is CC.CC.CC1CC(N(C)C)CC(OF)O1.CO. The number of rotatable bonds is 2. The van der Waals surface area contributed by atoms with Crippen LogP contribution in [0.4, 0.5) is 4.53 Å². The maximum atomic E-state index is 11.8. The average Bonchev–Trinajstić information content (AvgIpc) is 2.44. The maximum absolute atomic E-state index is 11.8. The Morgan fingerprint density at radius 1 is 1.11 bits per heavy atom. The number of aliphatic hydroxyl groups excluding tert-OH is 1. The average molecular weight is 269 g/mol. The van der Waals surface area contributed by atoms with Crippen LogP contribution in [0.1, 0.15) is 47.5 Å². The first kappa shape index (κ1) is 22.9. The lowest BCUT2D eigenvalue weighted by Crippen LogP contribution is -2.41. The van der Waals surface area contributed by atoms with Gasteiger partial charge >= 0.3 is 0 Å². The van der Waals surface area contributed by atoms with Gasteiger partial charge in [-0.2, -0.15) is 4.94 Å². The molecule has 0 aromatic rings. The fourth-order valence-electron chi connectivity index (χ4n) is 1.55. The van der Waals surface area contributed by atoms with E-state index in [-0.39, 0.29) is 6.10 Å². The summed E-state index contributed by atoms with van der Waals surface area (Å²) in [6, 6.07) is 0.356. The Hall–Kier alpha value is -0.230. The van der Waals surface area contributed by atoms with E-state index in [9.17, 15) is 4.53 Å². The molecule has 1 rings (SSSR count). The van der Waals surface area contributed by atoms with Crippen molar-refractivity contribution in [3.8, 4) is 0 Å². The van der Waals surface area contributed by atoms with Crippen molar-refractivity contribution in [3.05, 3.63) is 0 Å². The van der Waals surface area contributed by atoms with Crippen molar-refractivity contribution in [1.82, 2.24) is 4.90 Å². The van der Waals surface area contributed by atoms with Gasteiger partial charge in [0.05, 0.1) is 6.10 Å². The highest BCUT2D eigenvalue weighted by Gasteiger charge is 2.29. The molecule has 1 saturated heterocycles. The molecular formula is C13H32FNO3. The number of hydrogen-bond donors (Lipinski definition) is 1. The molecular weight excluding hydrogens is 237 g/mol. The molecule has 0 spiro atoms. The monoisotopic (exact) mass is 269 g/mol. The van der Waals surface area contributed by atoms with Crippen molar-refractivity contribution in [2.75, 3.05) is 21.2 Å². The second kappa shape index (κ2) is 16.8. The van der Waals surface area contributed by atoms with E-state index in [4.69, 9.17) is 9.84 Å².